The molecule has 0 aliphatic rings. The van der Waals surface area contributed by atoms with Crippen LogP contribution >= 0.6 is 45.4 Å². The molecule has 1 nitrogen and oxygen atoms in total. The Balaban J connectivity index is 0. The second kappa shape index (κ2) is 7.27. The Labute approximate surface area is 67.2 Å². The summed E-state index contributed by atoms with van der Waals surface area (Å²) < 4.78 is 0. The first-order valence-corrected chi connectivity index (χ1v) is 3.85. The van der Waals surface area contributed by atoms with Gasteiger partial charge in [-0.15, -0.1) is 0 Å². The van der Waals surface area contributed by atoms with Crippen molar-refractivity contribution in [1.29, 1.82) is 0 Å². The summed E-state index contributed by atoms with van der Waals surface area (Å²) in [6.07, 6.45) is -0.231. The molecule has 0 amide bonds. The monoisotopic (exact) mass is 250 g/mol. The van der Waals surface area contributed by atoms with Crippen LogP contribution in [0.2, 0.25) is 0 Å². The molecule has 0 aromatic rings. The predicted octanol–water partition coefficient (Wildman–Crippen LogP) is 1.25. The molecule has 0 rings (SSSR count). The third kappa shape index (κ3) is 7.27. The second-order valence-corrected chi connectivity index (χ2v) is 2.26. The van der Waals surface area contributed by atoms with Gasteiger partial charge in [0, 0.05) is 10.7 Å². The summed E-state index contributed by atoms with van der Waals surface area (Å²) in [6.45, 7) is 0. The van der Waals surface area contributed by atoms with Crippen LogP contribution in [-0.4, -0.2) is 21.9 Å². The maximum absolute atomic E-state index is 8.57. The first-order valence-electron chi connectivity index (χ1n) is 1.61. The molecule has 0 saturated carbocycles. The fourth-order valence-electron chi connectivity index (χ4n) is 0.0412. The molecule has 0 aromatic heterocycles. The van der Waals surface area contributed by atoms with Crippen LogP contribution in [0, 0.1) is 0 Å². The maximum atomic E-state index is 8.57. The highest BCUT2D eigenvalue weighted by atomic mass is 79.9. The van der Waals surface area contributed by atoms with Gasteiger partial charge in [-0.2, -0.15) is 13.5 Å². The molecule has 0 fully saturated rings. The quantitative estimate of drug-likeness (QED) is 0.733. The lowest BCUT2D eigenvalue weighted by Gasteiger charge is -1.95. The van der Waals surface area contributed by atoms with Gasteiger partial charge in [0.1, 0.15) is 0 Å². The van der Waals surface area contributed by atoms with Crippen LogP contribution in [0.5, 0.6) is 0 Å². The molecule has 46 valence electrons. The van der Waals surface area contributed by atoms with E-state index < -0.39 is 0 Å². The van der Waals surface area contributed by atoms with Gasteiger partial charge in [0.2, 0.25) is 0 Å². The van der Waals surface area contributed by atoms with Gasteiger partial charge in [0.15, 0.2) is 0 Å². The van der Waals surface area contributed by atoms with E-state index in [1.165, 1.54) is 0 Å². The molecule has 0 radical (unpaired) electrons. The Morgan fingerprint density at radius 1 is 1.29 bits per heavy atom. The second-order valence-electron chi connectivity index (χ2n) is 0.962. The fourth-order valence-corrected chi connectivity index (χ4v) is 1.11. The van der Waals surface area contributed by atoms with E-state index in [9.17, 15) is 0 Å². The van der Waals surface area contributed by atoms with Crippen LogP contribution in [0.25, 0.3) is 0 Å². The highest BCUT2D eigenvalue weighted by Gasteiger charge is 1.93. The van der Waals surface area contributed by atoms with Crippen molar-refractivity contribution >= 4 is 45.4 Å². The summed E-state index contributed by atoms with van der Waals surface area (Å²) in [5, 5.41) is 9.88. The third-order valence-electron chi connectivity index (χ3n) is 0.356. The van der Waals surface area contributed by atoms with E-state index in [-0.39, 0.29) is 19.6 Å². The van der Waals surface area contributed by atoms with Crippen molar-refractivity contribution < 1.29 is 5.11 Å². The Hall–Kier alpha value is 1.27. The molecule has 0 aliphatic carbocycles. The number of aliphatic hydroxyl groups excluding tert-OH is 1. The third-order valence-corrected chi connectivity index (χ3v) is 1.85. The largest absolute Gasteiger partial charge is 0.391 e. The molecule has 0 aliphatic heterocycles. The summed E-state index contributed by atoms with van der Waals surface area (Å²) >= 11 is 6.19. The van der Waals surface area contributed by atoms with E-state index in [0.717, 1.165) is 0 Å². The summed E-state index contributed by atoms with van der Waals surface area (Å²) in [5.74, 6) is 0. The molecule has 4 heteroatoms. The Morgan fingerprint density at radius 2 is 1.57 bits per heavy atom. The van der Waals surface area contributed by atoms with E-state index in [2.05, 4.69) is 31.9 Å². The van der Waals surface area contributed by atoms with Crippen LogP contribution in [0.3, 0.4) is 0 Å². The molecule has 0 unspecified atom stereocenters. The molecule has 0 saturated heterocycles. The standard InChI is InChI=1S/C3H6Br2O.H2S/c4-1-3(6)2-5;/h3,6H,1-2H2;1H2. The zero-order valence-corrected chi connectivity index (χ0v) is 7.87. The molecule has 7 heavy (non-hydrogen) atoms. The number of halogens is 2. The average Bonchev–Trinajstić information content (AvgIpc) is 1.65. The zero-order valence-electron chi connectivity index (χ0n) is 3.69. The fraction of sp³-hybridized carbons (Fsp3) is 1.00. The molecule has 0 aromatic carbocycles. The van der Waals surface area contributed by atoms with Gasteiger partial charge in [0.05, 0.1) is 6.10 Å². The van der Waals surface area contributed by atoms with Gasteiger partial charge in [-0.25, -0.2) is 0 Å². The van der Waals surface area contributed by atoms with Crippen molar-refractivity contribution in [1.82, 2.24) is 0 Å². The molecular formula is C3H8Br2OS. The number of aliphatic hydroxyl groups is 1. The van der Waals surface area contributed by atoms with Crippen molar-refractivity contribution in [2.24, 2.45) is 0 Å². The van der Waals surface area contributed by atoms with Crippen molar-refractivity contribution in [2.75, 3.05) is 10.7 Å². The minimum Gasteiger partial charge on any atom is -0.391 e. The smallest absolute Gasteiger partial charge is 0.0733 e. The van der Waals surface area contributed by atoms with E-state index in [4.69, 9.17) is 5.11 Å². The Kier molecular flexibility index (Phi) is 11.5. The van der Waals surface area contributed by atoms with Crippen LogP contribution in [-0.2, 0) is 0 Å². The Morgan fingerprint density at radius 3 is 1.57 bits per heavy atom. The van der Waals surface area contributed by atoms with E-state index in [0.29, 0.717) is 10.7 Å². The number of hydrogen-bond donors (Lipinski definition) is 1. The van der Waals surface area contributed by atoms with Crippen molar-refractivity contribution in [3.05, 3.63) is 0 Å². The molecule has 0 spiro atoms. The topological polar surface area (TPSA) is 20.2 Å². The average molecular weight is 252 g/mol. The summed E-state index contributed by atoms with van der Waals surface area (Å²) in [6, 6.07) is 0. The molecule has 0 heterocycles. The number of rotatable bonds is 2. The number of alkyl halides is 2. The highest BCUT2D eigenvalue weighted by molar-refractivity contribution is 9.09. The minimum absolute atomic E-state index is 0. The van der Waals surface area contributed by atoms with Gasteiger partial charge in [-0.05, 0) is 0 Å². The van der Waals surface area contributed by atoms with Gasteiger partial charge in [0.25, 0.3) is 0 Å². The maximum Gasteiger partial charge on any atom is 0.0733 e. The molecular weight excluding hydrogens is 244 g/mol. The molecule has 0 bridgehead atoms. The highest BCUT2D eigenvalue weighted by Crippen LogP contribution is 1.92. The predicted molar refractivity (Wildman–Crippen MR) is 44.0 cm³/mol. The minimum atomic E-state index is -0.231. The lowest BCUT2D eigenvalue weighted by molar-refractivity contribution is 0.227. The first-order chi connectivity index (χ1) is 2.81. The first kappa shape index (κ1) is 11.1. The summed E-state index contributed by atoms with van der Waals surface area (Å²) in [5.41, 5.74) is 0. The van der Waals surface area contributed by atoms with Crippen LogP contribution in [0.15, 0.2) is 0 Å². The summed E-state index contributed by atoms with van der Waals surface area (Å²) in [7, 11) is 0. The normalized spacial score (nSPS) is 8.57. The van der Waals surface area contributed by atoms with E-state index in [1.807, 2.05) is 0 Å². The lowest BCUT2D eigenvalue weighted by atomic mass is 10.5. The summed E-state index contributed by atoms with van der Waals surface area (Å²) in [4.78, 5) is 0. The van der Waals surface area contributed by atoms with Gasteiger partial charge >= 0.3 is 0 Å². The van der Waals surface area contributed by atoms with Gasteiger partial charge in [-0.3, -0.25) is 0 Å². The Bertz CT molecular complexity index is 32.1. The van der Waals surface area contributed by atoms with Crippen molar-refractivity contribution in [3.8, 4) is 0 Å². The van der Waals surface area contributed by atoms with Gasteiger partial charge in [-0.1, -0.05) is 31.9 Å². The van der Waals surface area contributed by atoms with Crippen LogP contribution in [0.4, 0.5) is 0 Å². The van der Waals surface area contributed by atoms with Crippen LogP contribution in [0.1, 0.15) is 0 Å². The number of hydrogen-bond acceptors (Lipinski definition) is 1. The molecule has 0 atom stereocenters. The lowest BCUT2D eigenvalue weighted by Crippen LogP contribution is -2.07. The van der Waals surface area contributed by atoms with Crippen LogP contribution < -0.4 is 0 Å². The van der Waals surface area contributed by atoms with E-state index >= 15 is 0 Å². The van der Waals surface area contributed by atoms with Crippen molar-refractivity contribution in [3.63, 3.8) is 0 Å². The van der Waals surface area contributed by atoms with Gasteiger partial charge < -0.3 is 5.11 Å². The SMILES string of the molecule is OC(CBr)CBr.S. The zero-order chi connectivity index (χ0) is 4.99. The molecule has 1 N–H and O–H groups in total. The van der Waals surface area contributed by atoms with E-state index in [1.54, 1.807) is 0 Å². The van der Waals surface area contributed by atoms with Crippen molar-refractivity contribution in [2.45, 2.75) is 6.10 Å².